The minimum atomic E-state index is -0.289. The molecule has 2 aromatic rings. The monoisotopic (exact) mass is 285 g/mol. The van der Waals surface area contributed by atoms with Gasteiger partial charge < -0.3 is 9.84 Å². The molecule has 0 bridgehead atoms. The summed E-state index contributed by atoms with van der Waals surface area (Å²) >= 11 is 0. The van der Waals surface area contributed by atoms with Crippen molar-refractivity contribution in [2.24, 2.45) is 0 Å². The molecule has 1 heterocycles. The maximum absolute atomic E-state index is 10.1. The molecule has 3 rings (SSSR count). The average Bonchev–Trinajstić information content (AvgIpc) is 2.47. The lowest BCUT2D eigenvalue weighted by molar-refractivity contribution is -0.110. The number of phenols is 1. The summed E-state index contributed by atoms with van der Waals surface area (Å²) in [5.74, 6) is 0.241. The summed E-state index contributed by atoms with van der Waals surface area (Å²) in [5.41, 5.74) is 1.35. The van der Waals surface area contributed by atoms with Crippen molar-refractivity contribution in [3.63, 3.8) is 0 Å². The van der Waals surface area contributed by atoms with Crippen molar-refractivity contribution >= 4 is 10.9 Å². The van der Waals surface area contributed by atoms with E-state index < -0.39 is 0 Å². The van der Waals surface area contributed by atoms with E-state index >= 15 is 0 Å². The number of hydrogen-bond donors (Lipinski definition) is 1. The molecular formula is C18H23NO2. The molecule has 0 spiro atoms. The molecule has 1 aliphatic rings. The molecule has 1 aromatic heterocycles. The van der Waals surface area contributed by atoms with Crippen molar-refractivity contribution in [3.8, 4) is 5.75 Å². The molecule has 0 saturated heterocycles. The molecular weight excluding hydrogens is 262 g/mol. The highest BCUT2D eigenvalue weighted by molar-refractivity contribution is 5.84. The molecule has 3 heteroatoms. The lowest BCUT2D eigenvalue weighted by Crippen LogP contribution is -2.35. The van der Waals surface area contributed by atoms with Gasteiger partial charge in [0.1, 0.15) is 16.9 Å². The zero-order valence-corrected chi connectivity index (χ0v) is 12.8. The molecule has 1 aromatic carbocycles. The molecule has 0 aliphatic heterocycles. The number of fused-ring (bicyclic) bond motifs is 1. The van der Waals surface area contributed by atoms with Crippen LogP contribution in [0, 0.1) is 0 Å². The summed E-state index contributed by atoms with van der Waals surface area (Å²) in [7, 11) is 0. The molecule has 0 amide bonds. The lowest BCUT2D eigenvalue weighted by Gasteiger charge is -2.38. The number of ether oxygens (including phenoxy) is 1. The number of aromatic hydroxyl groups is 1. The van der Waals surface area contributed by atoms with Gasteiger partial charge in [0.2, 0.25) is 0 Å². The first-order valence-corrected chi connectivity index (χ1v) is 7.88. The van der Waals surface area contributed by atoms with Gasteiger partial charge in [-0.1, -0.05) is 37.5 Å². The van der Waals surface area contributed by atoms with Crippen LogP contribution in [0.2, 0.25) is 0 Å². The van der Waals surface area contributed by atoms with Crippen LogP contribution >= 0.6 is 0 Å². The van der Waals surface area contributed by atoms with Crippen molar-refractivity contribution in [2.75, 3.05) is 0 Å². The summed E-state index contributed by atoms with van der Waals surface area (Å²) in [6.07, 6.45) is 5.81. The minimum absolute atomic E-state index is 0.171. The molecule has 0 radical (unpaired) electrons. The zero-order chi connectivity index (χ0) is 14.9. The highest BCUT2D eigenvalue weighted by Crippen LogP contribution is 2.41. The predicted octanol–water partition coefficient (Wildman–Crippen LogP) is 4.52. The van der Waals surface area contributed by atoms with Crippen LogP contribution in [0.1, 0.15) is 51.6 Å². The van der Waals surface area contributed by atoms with E-state index in [-0.39, 0.29) is 17.5 Å². The first-order chi connectivity index (χ1) is 10.1. The Kier molecular flexibility index (Phi) is 3.85. The van der Waals surface area contributed by atoms with Gasteiger partial charge in [0.25, 0.3) is 0 Å². The summed E-state index contributed by atoms with van der Waals surface area (Å²) in [4.78, 5) is 4.75. The van der Waals surface area contributed by atoms with Crippen molar-refractivity contribution in [1.82, 2.24) is 4.98 Å². The number of benzene rings is 1. The van der Waals surface area contributed by atoms with E-state index in [4.69, 9.17) is 9.72 Å². The van der Waals surface area contributed by atoms with E-state index in [2.05, 4.69) is 19.9 Å². The second-order valence-electron chi connectivity index (χ2n) is 6.27. The lowest BCUT2D eigenvalue weighted by atomic mass is 9.81. The fourth-order valence-electron chi connectivity index (χ4n) is 3.39. The maximum Gasteiger partial charge on any atom is 0.141 e. The van der Waals surface area contributed by atoms with E-state index in [0.29, 0.717) is 5.52 Å². The van der Waals surface area contributed by atoms with Crippen LogP contribution in [0.3, 0.4) is 0 Å². The Morgan fingerprint density at radius 2 is 1.86 bits per heavy atom. The second-order valence-corrected chi connectivity index (χ2v) is 6.27. The van der Waals surface area contributed by atoms with Gasteiger partial charge in [0.15, 0.2) is 0 Å². The number of para-hydroxylation sites is 1. The van der Waals surface area contributed by atoms with Crippen LogP contribution in [0.25, 0.3) is 10.9 Å². The van der Waals surface area contributed by atoms with Crippen molar-refractivity contribution in [1.29, 1.82) is 0 Å². The van der Waals surface area contributed by atoms with Gasteiger partial charge in [-0.05, 0) is 38.8 Å². The first kappa shape index (κ1) is 14.3. The standard InChI is InChI=1S/C18H23NO2/c1-13(2)21-18(11-4-3-5-12-18)16-10-9-14-7-6-8-15(20)17(14)19-16/h6-10,13,20H,3-5,11-12H2,1-2H3. The Labute approximate surface area is 126 Å². The Morgan fingerprint density at radius 1 is 1.10 bits per heavy atom. The number of nitrogens with zero attached hydrogens (tertiary/aromatic N) is 1. The third-order valence-corrected chi connectivity index (χ3v) is 4.29. The van der Waals surface area contributed by atoms with Crippen molar-refractivity contribution < 1.29 is 9.84 Å². The Balaban J connectivity index is 2.08. The van der Waals surface area contributed by atoms with E-state index in [1.807, 2.05) is 18.2 Å². The number of hydrogen-bond acceptors (Lipinski definition) is 3. The quantitative estimate of drug-likeness (QED) is 0.901. The van der Waals surface area contributed by atoms with Gasteiger partial charge in [-0.2, -0.15) is 0 Å². The molecule has 0 atom stereocenters. The van der Waals surface area contributed by atoms with Gasteiger partial charge in [0.05, 0.1) is 11.8 Å². The molecule has 0 unspecified atom stereocenters. The first-order valence-electron chi connectivity index (χ1n) is 7.88. The number of phenolic OH excluding ortho intramolecular Hbond substituents is 1. The van der Waals surface area contributed by atoms with Crippen molar-refractivity contribution in [2.45, 2.75) is 57.7 Å². The van der Waals surface area contributed by atoms with E-state index in [1.54, 1.807) is 6.07 Å². The molecule has 1 aliphatic carbocycles. The predicted molar refractivity (Wildman–Crippen MR) is 84.4 cm³/mol. The van der Waals surface area contributed by atoms with Crippen molar-refractivity contribution in [3.05, 3.63) is 36.0 Å². The normalized spacial score (nSPS) is 18.2. The minimum Gasteiger partial charge on any atom is -0.506 e. The van der Waals surface area contributed by atoms with Crippen LogP contribution in [0.15, 0.2) is 30.3 Å². The van der Waals surface area contributed by atoms with Gasteiger partial charge in [-0.3, -0.25) is 0 Å². The summed E-state index contributed by atoms with van der Waals surface area (Å²) < 4.78 is 6.31. The topological polar surface area (TPSA) is 42.4 Å². The van der Waals surface area contributed by atoms with Gasteiger partial charge in [-0.25, -0.2) is 4.98 Å². The van der Waals surface area contributed by atoms with Crippen LogP contribution < -0.4 is 0 Å². The summed E-state index contributed by atoms with van der Waals surface area (Å²) in [5, 5.41) is 11.0. The largest absolute Gasteiger partial charge is 0.506 e. The fraction of sp³-hybridized carbons (Fsp3) is 0.500. The van der Waals surface area contributed by atoms with E-state index in [0.717, 1.165) is 23.9 Å². The highest BCUT2D eigenvalue weighted by Gasteiger charge is 2.37. The van der Waals surface area contributed by atoms with Crippen LogP contribution in [-0.2, 0) is 10.3 Å². The van der Waals surface area contributed by atoms with Crippen LogP contribution in [0.4, 0.5) is 0 Å². The Hall–Kier alpha value is -1.61. The smallest absolute Gasteiger partial charge is 0.141 e. The van der Waals surface area contributed by atoms with Gasteiger partial charge >= 0.3 is 0 Å². The number of aromatic nitrogens is 1. The SMILES string of the molecule is CC(C)OC1(c2ccc3cccc(O)c3n2)CCCCC1. The maximum atomic E-state index is 10.1. The van der Waals surface area contributed by atoms with E-state index in [9.17, 15) is 5.11 Å². The number of rotatable bonds is 3. The van der Waals surface area contributed by atoms with E-state index in [1.165, 1.54) is 19.3 Å². The van der Waals surface area contributed by atoms with Crippen LogP contribution in [0.5, 0.6) is 5.75 Å². The molecule has 1 N–H and O–H groups in total. The molecule has 112 valence electrons. The molecule has 1 saturated carbocycles. The highest BCUT2D eigenvalue weighted by atomic mass is 16.5. The summed E-state index contributed by atoms with van der Waals surface area (Å²) in [6, 6.07) is 9.62. The number of pyridine rings is 1. The fourth-order valence-corrected chi connectivity index (χ4v) is 3.39. The molecule has 21 heavy (non-hydrogen) atoms. The molecule has 1 fully saturated rings. The van der Waals surface area contributed by atoms with Gasteiger partial charge in [0, 0.05) is 5.39 Å². The van der Waals surface area contributed by atoms with Crippen LogP contribution in [-0.4, -0.2) is 16.2 Å². The average molecular weight is 285 g/mol. The van der Waals surface area contributed by atoms with Gasteiger partial charge in [-0.15, -0.1) is 0 Å². The zero-order valence-electron chi connectivity index (χ0n) is 12.8. The Bertz CT molecular complexity index is 630. The second kappa shape index (κ2) is 5.64. The molecule has 3 nitrogen and oxygen atoms in total. The third-order valence-electron chi connectivity index (χ3n) is 4.29. The summed E-state index contributed by atoms with van der Waals surface area (Å²) in [6.45, 7) is 4.16. The Morgan fingerprint density at radius 3 is 2.57 bits per heavy atom. The third kappa shape index (κ3) is 2.75.